The molecule has 1 fully saturated rings. The summed E-state index contributed by atoms with van der Waals surface area (Å²) in [5.41, 5.74) is -0.232. The van der Waals surface area contributed by atoms with Gasteiger partial charge in [0.1, 0.15) is 5.76 Å². The Hall–Kier alpha value is 0.120. The summed E-state index contributed by atoms with van der Waals surface area (Å²) in [5.74, 6) is 0.836. The molecule has 1 saturated heterocycles. The highest BCUT2D eigenvalue weighted by Gasteiger charge is 2.31. The van der Waals surface area contributed by atoms with E-state index in [1.807, 2.05) is 6.07 Å². The summed E-state index contributed by atoms with van der Waals surface area (Å²) in [6.45, 7) is 2.11. The van der Waals surface area contributed by atoms with E-state index in [1.165, 1.54) is 0 Å². The number of aliphatic hydroxyl groups is 1. The number of ether oxygens (including phenoxy) is 1. The van der Waals surface area contributed by atoms with Gasteiger partial charge in [0, 0.05) is 18.8 Å². The Bertz CT molecular complexity index is 355. The average Bonchev–Trinajstić information content (AvgIpc) is 2.68. The second-order valence-electron chi connectivity index (χ2n) is 4.24. The molecule has 0 bridgehead atoms. The van der Waals surface area contributed by atoms with Gasteiger partial charge in [0.25, 0.3) is 0 Å². The highest BCUT2D eigenvalue weighted by molar-refractivity contribution is 9.13. The molecule has 1 aromatic heterocycles. The zero-order valence-corrected chi connectivity index (χ0v) is 12.5. The summed E-state index contributed by atoms with van der Waals surface area (Å²) in [6.07, 6.45) is 1.65. The third-order valence-electron chi connectivity index (χ3n) is 3.09. The van der Waals surface area contributed by atoms with Gasteiger partial charge in [0.05, 0.1) is 17.6 Å². The molecule has 6 heteroatoms. The maximum absolute atomic E-state index is 9.51. The van der Waals surface area contributed by atoms with Crippen LogP contribution < -0.4 is 5.32 Å². The van der Waals surface area contributed by atoms with Crippen LogP contribution in [0.3, 0.4) is 0 Å². The van der Waals surface area contributed by atoms with Crippen molar-refractivity contribution in [2.24, 2.45) is 0 Å². The lowest BCUT2D eigenvalue weighted by atomic mass is 9.91. The molecule has 4 nitrogen and oxygen atoms in total. The first-order valence-electron chi connectivity index (χ1n) is 5.52. The van der Waals surface area contributed by atoms with E-state index in [0.717, 1.165) is 23.1 Å². The number of hydrogen-bond acceptors (Lipinski definition) is 4. The van der Waals surface area contributed by atoms with Crippen LogP contribution in [0.5, 0.6) is 0 Å². The van der Waals surface area contributed by atoms with Crippen molar-refractivity contribution in [2.45, 2.75) is 24.9 Å². The minimum Gasteiger partial charge on any atom is -0.452 e. The van der Waals surface area contributed by atoms with E-state index >= 15 is 0 Å². The normalized spacial score (nSPS) is 19.5. The Labute approximate surface area is 117 Å². The number of rotatable bonds is 4. The molecule has 0 atom stereocenters. The van der Waals surface area contributed by atoms with E-state index in [9.17, 15) is 5.11 Å². The van der Waals surface area contributed by atoms with Crippen LogP contribution in [0.4, 0.5) is 0 Å². The van der Waals surface area contributed by atoms with Gasteiger partial charge in [-0.25, -0.2) is 0 Å². The highest BCUT2D eigenvalue weighted by Crippen LogP contribution is 2.27. The first-order chi connectivity index (χ1) is 8.15. The lowest BCUT2D eigenvalue weighted by Gasteiger charge is -2.36. The van der Waals surface area contributed by atoms with Crippen molar-refractivity contribution in [1.29, 1.82) is 0 Å². The van der Waals surface area contributed by atoms with Crippen molar-refractivity contribution in [1.82, 2.24) is 5.32 Å². The lowest BCUT2D eigenvalue weighted by Crippen LogP contribution is -2.51. The molecule has 0 aliphatic carbocycles. The van der Waals surface area contributed by atoms with Gasteiger partial charge in [0.2, 0.25) is 0 Å². The SMILES string of the molecule is OCC1(NCc2cc(Br)c(Br)o2)CCOCC1. The van der Waals surface area contributed by atoms with Gasteiger partial charge in [0.15, 0.2) is 4.67 Å². The molecule has 17 heavy (non-hydrogen) atoms. The minimum atomic E-state index is -0.232. The van der Waals surface area contributed by atoms with Crippen LogP contribution in [-0.2, 0) is 11.3 Å². The number of nitrogens with one attached hydrogen (secondary N) is 1. The molecule has 1 aromatic rings. The number of furan rings is 1. The van der Waals surface area contributed by atoms with Crippen LogP contribution in [0.1, 0.15) is 18.6 Å². The molecule has 0 amide bonds. The van der Waals surface area contributed by atoms with Gasteiger partial charge in [-0.2, -0.15) is 0 Å². The van der Waals surface area contributed by atoms with Gasteiger partial charge in [-0.1, -0.05) is 0 Å². The fourth-order valence-electron chi connectivity index (χ4n) is 1.91. The van der Waals surface area contributed by atoms with E-state index in [1.54, 1.807) is 0 Å². The van der Waals surface area contributed by atoms with Crippen LogP contribution in [0, 0.1) is 0 Å². The molecule has 2 N–H and O–H groups in total. The van der Waals surface area contributed by atoms with Gasteiger partial charge >= 0.3 is 0 Å². The number of hydrogen-bond donors (Lipinski definition) is 2. The Morgan fingerprint density at radius 3 is 2.59 bits per heavy atom. The van der Waals surface area contributed by atoms with Crippen molar-refractivity contribution in [3.63, 3.8) is 0 Å². The monoisotopic (exact) mass is 367 g/mol. The maximum Gasteiger partial charge on any atom is 0.183 e. The zero-order chi connectivity index (χ0) is 12.3. The molecular weight excluding hydrogens is 354 g/mol. The number of aliphatic hydroxyl groups excluding tert-OH is 1. The zero-order valence-electron chi connectivity index (χ0n) is 9.34. The first-order valence-corrected chi connectivity index (χ1v) is 7.11. The van der Waals surface area contributed by atoms with Crippen molar-refractivity contribution < 1.29 is 14.3 Å². The highest BCUT2D eigenvalue weighted by atomic mass is 79.9. The third kappa shape index (κ3) is 3.32. The van der Waals surface area contributed by atoms with E-state index in [0.29, 0.717) is 24.4 Å². The molecular formula is C11H15Br2NO3. The minimum absolute atomic E-state index is 0.124. The van der Waals surface area contributed by atoms with E-state index < -0.39 is 0 Å². The predicted molar refractivity (Wildman–Crippen MR) is 70.8 cm³/mol. The van der Waals surface area contributed by atoms with Crippen molar-refractivity contribution >= 4 is 31.9 Å². The molecule has 0 radical (unpaired) electrons. The fraction of sp³-hybridized carbons (Fsp3) is 0.636. The molecule has 0 aromatic carbocycles. The molecule has 2 rings (SSSR count). The van der Waals surface area contributed by atoms with Crippen LogP contribution in [0.15, 0.2) is 19.6 Å². The summed E-state index contributed by atoms with van der Waals surface area (Å²) in [4.78, 5) is 0. The predicted octanol–water partition coefficient (Wildman–Crippen LogP) is 2.44. The second-order valence-corrected chi connectivity index (χ2v) is 5.81. The summed E-state index contributed by atoms with van der Waals surface area (Å²) in [6, 6.07) is 1.92. The van der Waals surface area contributed by atoms with Gasteiger partial charge in [-0.3, -0.25) is 0 Å². The standard InChI is InChI=1S/C11H15Br2NO3/c12-9-5-8(17-10(9)13)6-14-11(7-15)1-3-16-4-2-11/h5,14-15H,1-4,6-7H2. The topological polar surface area (TPSA) is 54.6 Å². The van der Waals surface area contributed by atoms with E-state index in [-0.39, 0.29) is 12.1 Å². The number of halogens is 2. The summed E-state index contributed by atoms with van der Waals surface area (Å²) < 4.78 is 12.4. The van der Waals surface area contributed by atoms with Crippen LogP contribution in [0.2, 0.25) is 0 Å². The maximum atomic E-state index is 9.51. The van der Waals surface area contributed by atoms with Crippen molar-refractivity contribution in [3.8, 4) is 0 Å². The van der Waals surface area contributed by atoms with Crippen molar-refractivity contribution in [2.75, 3.05) is 19.8 Å². The summed E-state index contributed by atoms with van der Waals surface area (Å²) in [5, 5.41) is 12.9. The summed E-state index contributed by atoms with van der Waals surface area (Å²) in [7, 11) is 0. The Morgan fingerprint density at radius 1 is 1.35 bits per heavy atom. The largest absolute Gasteiger partial charge is 0.452 e. The van der Waals surface area contributed by atoms with Crippen LogP contribution >= 0.6 is 31.9 Å². The summed E-state index contributed by atoms with van der Waals surface area (Å²) >= 11 is 6.68. The van der Waals surface area contributed by atoms with Crippen LogP contribution in [0.25, 0.3) is 0 Å². The molecule has 1 aliphatic rings. The molecule has 0 saturated carbocycles. The van der Waals surface area contributed by atoms with Gasteiger partial charge in [-0.15, -0.1) is 0 Å². The van der Waals surface area contributed by atoms with E-state index in [2.05, 4.69) is 37.2 Å². The van der Waals surface area contributed by atoms with Gasteiger partial charge < -0.3 is 19.6 Å². The Kier molecular flexibility index (Phi) is 4.65. The molecule has 1 aliphatic heterocycles. The van der Waals surface area contributed by atoms with Crippen molar-refractivity contribution in [3.05, 3.63) is 21.0 Å². The Morgan fingerprint density at radius 2 is 2.06 bits per heavy atom. The molecule has 96 valence electrons. The molecule has 2 heterocycles. The fourth-order valence-corrected chi connectivity index (χ4v) is 2.56. The molecule has 0 spiro atoms. The van der Waals surface area contributed by atoms with Gasteiger partial charge in [-0.05, 0) is 50.8 Å². The second kappa shape index (κ2) is 5.84. The van der Waals surface area contributed by atoms with E-state index in [4.69, 9.17) is 9.15 Å². The lowest BCUT2D eigenvalue weighted by molar-refractivity contribution is 0.0104. The quantitative estimate of drug-likeness (QED) is 0.856. The smallest absolute Gasteiger partial charge is 0.183 e. The first kappa shape index (κ1) is 13.5. The third-order valence-corrected chi connectivity index (χ3v) is 4.80. The average molecular weight is 369 g/mol. The Balaban J connectivity index is 1.95. The van der Waals surface area contributed by atoms with Crippen LogP contribution in [-0.4, -0.2) is 30.5 Å². The molecule has 0 unspecified atom stereocenters.